The Kier molecular flexibility index (Phi) is 48.3. The lowest BCUT2D eigenvalue weighted by atomic mass is 9.98. The molecule has 4 atom stereocenters. The van der Waals surface area contributed by atoms with E-state index in [9.17, 15) is 96.9 Å². The lowest BCUT2D eigenvalue weighted by Crippen LogP contribution is -2.25. The first kappa shape index (κ1) is 111. The third-order valence-electron chi connectivity index (χ3n) is 20.1. The van der Waals surface area contributed by atoms with Gasteiger partial charge < -0.3 is 85.5 Å². The van der Waals surface area contributed by atoms with Crippen molar-refractivity contribution in [1.82, 2.24) is 0 Å². The second-order valence-corrected chi connectivity index (χ2v) is 32.1. The maximum absolute atomic E-state index is 12.7. The van der Waals surface area contributed by atoms with Crippen LogP contribution in [0, 0.1) is 20.2 Å². The molecule has 8 aromatic rings. The molecule has 0 spiro atoms. The minimum Gasteiger partial charge on any atom is -0.460 e. The van der Waals surface area contributed by atoms with Crippen LogP contribution in [0.5, 0.6) is 23.0 Å². The molecule has 40 nitrogen and oxygen atoms in total. The average molecular weight is 2050 g/mol. The highest BCUT2D eigenvalue weighted by atomic mass is 79.9. The van der Waals surface area contributed by atoms with Gasteiger partial charge in [0.05, 0.1) is 36.9 Å². The molecule has 42 heteroatoms. The summed E-state index contributed by atoms with van der Waals surface area (Å²) in [6.45, 7) is -1.82. The third kappa shape index (κ3) is 41.9. The number of hydrogen-bond acceptors (Lipinski definition) is 38. The summed E-state index contributed by atoms with van der Waals surface area (Å²) in [6.07, 6.45) is 9.14. The summed E-state index contributed by atoms with van der Waals surface area (Å²) in [5, 5.41) is 26.5. The zero-order valence-electron chi connectivity index (χ0n) is 76.0. The molecule has 0 aromatic heterocycles. The van der Waals surface area contributed by atoms with E-state index in [-0.39, 0.29) is 38.0 Å². The number of fused-ring (bicyclic) bond motifs is 4. The number of esters is 16. The summed E-state index contributed by atoms with van der Waals surface area (Å²) in [7, 11) is 0. The van der Waals surface area contributed by atoms with Gasteiger partial charge in [0, 0.05) is 36.3 Å². The first-order valence-electron chi connectivity index (χ1n) is 43.8. The van der Waals surface area contributed by atoms with E-state index < -0.39 is 197 Å². The van der Waals surface area contributed by atoms with Crippen molar-refractivity contribution in [3.8, 4) is 23.0 Å². The minimum absolute atomic E-state index is 0.0447. The Morgan fingerprint density at radius 3 is 0.652 bits per heavy atom. The van der Waals surface area contributed by atoms with Gasteiger partial charge in [-0.2, -0.15) is 0 Å². The van der Waals surface area contributed by atoms with Crippen molar-refractivity contribution in [3.05, 3.63) is 188 Å². The molecule has 740 valence electrons. The largest absolute Gasteiger partial charge is 0.460 e. The number of benzene rings is 8. The summed E-state index contributed by atoms with van der Waals surface area (Å²) in [5.74, 6) is -14.1. The van der Waals surface area contributed by atoms with Crippen molar-refractivity contribution < 1.29 is 172 Å². The molecule has 0 aliphatic carbocycles. The molecule has 0 saturated carbocycles. The van der Waals surface area contributed by atoms with Crippen molar-refractivity contribution in [3.63, 3.8) is 0 Å². The van der Waals surface area contributed by atoms with E-state index in [1.165, 1.54) is 0 Å². The Labute approximate surface area is 806 Å². The summed E-state index contributed by atoms with van der Waals surface area (Å²) >= 11 is 6.74. The van der Waals surface area contributed by atoms with Gasteiger partial charge >= 0.3 is 95.5 Å². The fourth-order valence-electron chi connectivity index (χ4n) is 12.6. The van der Waals surface area contributed by atoms with Crippen LogP contribution >= 0.6 is 31.9 Å². The average Bonchev–Trinajstić information content (AvgIpc) is 0.826. The molecule has 0 N–H and O–H groups in total. The van der Waals surface area contributed by atoms with Crippen LogP contribution in [0.25, 0.3) is 43.1 Å². The zero-order chi connectivity index (χ0) is 100. The molecule has 0 aliphatic heterocycles. The number of carbonyl (C=O) groups is 16. The maximum Gasteiger partial charge on any atom is 0.344 e. The van der Waals surface area contributed by atoms with Crippen LogP contribution in [0.1, 0.15) is 176 Å². The summed E-state index contributed by atoms with van der Waals surface area (Å²) in [4.78, 5) is 225. The van der Waals surface area contributed by atoms with E-state index in [0.717, 1.165) is 92.3 Å². The predicted molar refractivity (Wildman–Crippen MR) is 491 cm³/mol. The number of ether oxygens (including phenoxy) is 16. The van der Waals surface area contributed by atoms with Crippen LogP contribution in [-0.4, -0.2) is 209 Å². The Morgan fingerprint density at radius 1 is 0.239 bits per heavy atom. The fraction of sp³-hybridized carbons (Fsp3) is 0.417. The molecule has 0 saturated heterocycles. The van der Waals surface area contributed by atoms with Gasteiger partial charge in [-0.3, -0.25) is 38.4 Å². The van der Waals surface area contributed by atoms with Crippen LogP contribution in [0.15, 0.2) is 146 Å². The number of carbonyl (C=O) groups excluding carboxylic acids is 16. The smallest absolute Gasteiger partial charge is 0.344 e. The minimum atomic E-state index is -1.04. The van der Waals surface area contributed by atoms with Crippen molar-refractivity contribution in [1.29, 1.82) is 0 Å². The standard InChI is InChI=1S/C48H52Br2O16.C48H52N2O22/c1-31(33-11-13-37-25-39(17-15-35(37)23-33)65-41(51)9-5-3-7-19-49)47(57)63-29-45(55)61-27-43(53)59-21-22-60-44(54)28-62-46(56)30-64-48(58)32(2)34-12-14-38-26-40(18-16-36(38)24-34)66-42(52)10-6-4-8-20-50;1-31(33-11-13-37-25-39(17-15-35(37)23-33)71-41(51)9-5-3-7-19-69-49(59)60)47(57)67-29-45(55)65-27-43(53)63-21-22-64-44(54)28-66-46(56)30-68-48(58)32(2)34-12-14-38-26-40(18-16-36(38)24-34)72-42(52)10-6-4-8-20-70-50(61)62/h11-18,23-26,31-32H,3-10,19-22,27-30H2,1-2H3;11-18,23-26,31-32H,3-10,19-22,27-30H2,1-2H3. The van der Waals surface area contributed by atoms with Gasteiger partial charge in [0.1, 0.15) is 49.4 Å². The number of halogens is 2. The lowest BCUT2D eigenvalue weighted by molar-refractivity contribution is -0.757. The summed E-state index contributed by atoms with van der Waals surface area (Å²) in [6, 6.07) is 41.1. The maximum atomic E-state index is 12.7. The van der Waals surface area contributed by atoms with E-state index >= 15 is 0 Å². The molecule has 0 amide bonds. The highest BCUT2D eigenvalue weighted by Gasteiger charge is 2.27. The number of nitrogens with zero attached hydrogens (tertiary/aromatic N) is 2. The van der Waals surface area contributed by atoms with Crippen molar-refractivity contribution in [2.45, 2.75) is 154 Å². The third-order valence-corrected chi connectivity index (χ3v) is 21.2. The molecule has 0 fully saturated rings. The highest BCUT2D eigenvalue weighted by molar-refractivity contribution is 9.09. The van der Waals surface area contributed by atoms with Gasteiger partial charge in [0.25, 0.3) is 10.2 Å². The zero-order valence-corrected chi connectivity index (χ0v) is 79.1. The van der Waals surface area contributed by atoms with E-state index in [1.54, 1.807) is 173 Å². The number of rotatable bonds is 58. The van der Waals surface area contributed by atoms with Gasteiger partial charge in [0.15, 0.2) is 52.9 Å². The molecule has 0 bridgehead atoms. The Hall–Kier alpha value is -14.3. The van der Waals surface area contributed by atoms with Gasteiger partial charge in [-0.15, -0.1) is 20.2 Å². The van der Waals surface area contributed by atoms with Gasteiger partial charge in [0.2, 0.25) is 0 Å². The van der Waals surface area contributed by atoms with Gasteiger partial charge in [-0.1, -0.05) is 155 Å². The number of unbranched alkanes of at least 4 members (excludes halogenated alkanes) is 8. The van der Waals surface area contributed by atoms with E-state index in [4.69, 9.17) is 75.8 Å². The second-order valence-electron chi connectivity index (χ2n) is 30.5. The molecule has 0 radical (unpaired) electrons. The molecule has 0 aliphatic rings. The quantitative estimate of drug-likeness (QED) is 0.00650. The molecular formula is C96H104Br2N2O38. The topological polar surface area (TPSA) is 526 Å². The Morgan fingerprint density at radius 2 is 0.435 bits per heavy atom. The molecule has 0 heterocycles. The highest BCUT2D eigenvalue weighted by Crippen LogP contribution is 2.32. The van der Waals surface area contributed by atoms with Crippen LogP contribution in [-0.2, 0) is 143 Å². The first-order valence-corrected chi connectivity index (χ1v) is 46.0. The van der Waals surface area contributed by atoms with Crippen molar-refractivity contribution in [2.24, 2.45) is 0 Å². The number of hydrogen-bond donors (Lipinski definition) is 0. The van der Waals surface area contributed by atoms with Crippen LogP contribution in [0.3, 0.4) is 0 Å². The first-order chi connectivity index (χ1) is 66.2. The van der Waals surface area contributed by atoms with E-state index in [0.29, 0.717) is 96.6 Å². The SMILES string of the molecule is CC(C(=O)OCC(=O)OCC(=O)OCCOC(=O)COC(=O)COC(=O)C(C)c1ccc2cc(OC(=O)CCCCCBr)ccc2c1)c1ccc2cc(OC(=O)CCCCCBr)ccc2c1.CC(C(=O)OCC(=O)OCC(=O)OCCOC(=O)COC(=O)COC(=O)C(C)c1ccc2cc(OC(=O)CCCCCO[N+](=O)[O-])ccc2c1)c1ccc2cc(OC(=O)CCCCCO[N+](=O)[O-])ccc2c1. The molecular weight excluding hydrogens is 1950 g/mol. The van der Waals surface area contributed by atoms with Crippen LogP contribution in [0.4, 0.5) is 0 Å². The van der Waals surface area contributed by atoms with Gasteiger partial charge in [-0.05, 0) is 193 Å². The lowest BCUT2D eigenvalue weighted by Gasteiger charge is -2.13. The van der Waals surface area contributed by atoms with Crippen LogP contribution in [0.2, 0.25) is 0 Å². The number of alkyl halides is 2. The van der Waals surface area contributed by atoms with Crippen molar-refractivity contribution >= 4 is 170 Å². The van der Waals surface area contributed by atoms with E-state index in [1.807, 2.05) is 0 Å². The molecule has 4 unspecified atom stereocenters. The van der Waals surface area contributed by atoms with Gasteiger partial charge in [-0.25, -0.2) is 38.4 Å². The fourth-order valence-corrected chi connectivity index (χ4v) is 13.4. The second kappa shape index (κ2) is 60.2. The monoisotopic (exact) mass is 2050 g/mol. The molecule has 138 heavy (non-hydrogen) atoms. The normalized spacial score (nSPS) is 11.6. The summed E-state index contributed by atoms with van der Waals surface area (Å²) in [5.41, 5.74) is 2.37. The Bertz CT molecular complexity index is 5250. The summed E-state index contributed by atoms with van der Waals surface area (Å²) < 4.78 is 80.4. The van der Waals surface area contributed by atoms with Crippen molar-refractivity contribution in [2.75, 3.05) is 103 Å². The van der Waals surface area contributed by atoms with E-state index in [2.05, 4.69) is 41.5 Å². The van der Waals surface area contributed by atoms with Crippen LogP contribution < -0.4 is 18.9 Å². The predicted octanol–water partition coefficient (Wildman–Crippen LogP) is 13.4. The Balaban J connectivity index is 0.000000377. The molecule has 8 rings (SSSR count). The molecule has 8 aromatic carbocycles.